The first-order chi connectivity index (χ1) is 29.6. The zero-order valence-corrected chi connectivity index (χ0v) is 37.9. The average molecular weight is 854 g/mol. The van der Waals surface area contributed by atoms with Crippen LogP contribution in [0, 0.1) is 12.8 Å². The van der Waals surface area contributed by atoms with E-state index >= 15 is 0 Å². The van der Waals surface area contributed by atoms with Gasteiger partial charge in [0.05, 0.1) is 23.7 Å². The summed E-state index contributed by atoms with van der Waals surface area (Å²) in [6.07, 6.45) is 14.1. The highest BCUT2D eigenvalue weighted by Gasteiger charge is 2.39. The second-order valence-electron chi connectivity index (χ2n) is 16.9. The highest BCUT2D eigenvalue weighted by molar-refractivity contribution is 7.89. The second-order valence-corrected chi connectivity index (χ2v) is 18.7. The minimum absolute atomic E-state index is 0.0281. The Hall–Kier alpha value is -3.90. The molecule has 0 radical (unpaired) electrons. The van der Waals surface area contributed by atoms with Gasteiger partial charge in [-0.3, -0.25) is 4.79 Å². The van der Waals surface area contributed by atoms with Crippen LogP contribution in [-0.4, -0.2) is 56.1 Å². The Bertz CT molecular complexity index is 1960. The van der Waals surface area contributed by atoms with Crippen molar-refractivity contribution in [2.24, 2.45) is 5.92 Å². The van der Waals surface area contributed by atoms with Gasteiger partial charge in [-0.15, -0.1) is 0 Å². The molecule has 1 saturated heterocycles. The van der Waals surface area contributed by atoms with Gasteiger partial charge in [-0.1, -0.05) is 169 Å². The molecule has 5 atom stereocenters. The fourth-order valence-corrected chi connectivity index (χ4v) is 9.31. The van der Waals surface area contributed by atoms with Crippen molar-refractivity contribution in [2.45, 2.75) is 147 Å². The van der Waals surface area contributed by atoms with E-state index in [0.29, 0.717) is 5.69 Å². The van der Waals surface area contributed by atoms with Crippen LogP contribution in [0.1, 0.15) is 138 Å². The normalized spacial score (nSPS) is 18.6. The van der Waals surface area contributed by atoms with Crippen LogP contribution in [0.15, 0.2) is 108 Å². The van der Waals surface area contributed by atoms with E-state index in [1.165, 1.54) is 77.0 Å². The lowest BCUT2D eigenvalue weighted by atomic mass is 9.90. The van der Waals surface area contributed by atoms with E-state index in [0.717, 1.165) is 47.5 Å². The Kier molecular flexibility index (Phi) is 19.9. The van der Waals surface area contributed by atoms with Crippen molar-refractivity contribution in [3.63, 3.8) is 0 Å². The Morgan fingerprint density at radius 3 is 1.97 bits per heavy atom. The predicted molar refractivity (Wildman–Crippen MR) is 247 cm³/mol. The first-order valence-electron chi connectivity index (χ1n) is 22.9. The number of anilines is 1. The van der Waals surface area contributed by atoms with Gasteiger partial charge in [-0.05, 0) is 80.2 Å². The molecule has 0 aromatic heterocycles. The number of hydrogen-bond donors (Lipinski definition) is 3. The van der Waals surface area contributed by atoms with Crippen molar-refractivity contribution in [3.8, 4) is 0 Å². The summed E-state index contributed by atoms with van der Waals surface area (Å²) in [6, 6.07) is 30.3. The lowest BCUT2D eigenvalue weighted by Crippen LogP contribution is -2.45. The molecule has 61 heavy (non-hydrogen) atoms. The number of hydrogen-bond acceptors (Lipinski definition) is 7. The van der Waals surface area contributed by atoms with E-state index in [2.05, 4.69) is 35.7 Å². The van der Waals surface area contributed by atoms with Gasteiger partial charge in [-0.25, -0.2) is 8.42 Å². The summed E-state index contributed by atoms with van der Waals surface area (Å²) in [5.41, 5.74) is 4.89. The van der Waals surface area contributed by atoms with Crippen molar-refractivity contribution in [1.29, 1.82) is 0 Å². The number of aliphatic hydroxyl groups excluding tert-OH is 1. The molecule has 5 rings (SSSR count). The minimum atomic E-state index is -4.01. The van der Waals surface area contributed by atoms with E-state index in [9.17, 15) is 18.3 Å². The van der Waals surface area contributed by atoms with Gasteiger partial charge in [-0.2, -0.15) is 4.72 Å². The molecule has 1 heterocycles. The average Bonchev–Trinajstić information content (AvgIpc) is 3.27. The Morgan fingerprint density at radius 2 is 1.34 bits per heavy atom. The number of amides is 1. The molecule has 4 aromatic carbocycles. The number of nitrogens with zero attached hydrogens (tertiary/aromatic N) is 1. The number of aliphatic hydroxyl groups is 1. The summed E-state index contributed by atoms with van der Waals surface area (Å²) in [5.74, 6) is -0.438. The van der Waals surface area contributed by atoms with Crippen LogP contribution < -0.4 is 10.0 Å². The van der Waals surface area contributed by atoms with Crippen LogP contribution >= 0.6 is 0 Å². The molecular formula is C51H71N3O6S. The zero-order valence-electron chi connectivity index (χ0n) is 37.1. The summed E-state index contributed by atoms with van der Waals surface area (Å²) in [4.78, 5) is 16.8. The third-order valence-electron chi connectivity index (χ3n) is 11.9. The molecule has 1 aliphatic rings. The van der Waals surface area contributed by atoms with Crippen LogP contribution in [0.2, 0.25) is 0 Å². The molecule has 4 aromatic rings. The van der Waals surface area contributed by atoms with Gasteiger partial charge < -0.3 is 24.8 Å². The molecule has 10 heteroatoms. The highest BCUT2D eigenvalue weighted by atomic mass is 32.2. The quantitative estimate of drug-likeness (QED) is 0.0539. The molecule has 332 valence electrons. The summed E-state index contributed by atoms with van der Waals surface area (Å²) < 4.78 is 43.6. The molecule has 3 N–H and O–H groups in total. The lowest BCUT2D eigenvalue weighted by molar-refractivity contribution is -0.276. The molecular weight excluding hydrogens is 783 g/mol. The van der Waals surface area contributed by atoms with Crippen LogP contribution in [0.5, 0.6) is 0 Å². The van der Waals surface area contributed by atoms with E-state index in [-0.39, 0.29) is 36.0 Å². The summed E-state index contributed by atoms with van der Waals surface area (Å²) in [5, 5.41) is 12.8. The van der Waals surface area contributed by atoms with E-state index in [1.54, 1.807) is 30.3 Å². The summed E-state index contributed by atoms with van der Waals surface area (Å²) in [6.45, 7) is 11.5. The maximum atomic E-state index is 14.1. The Morgan fingerprint density at radius 1 is 0.721 bits per heavy atom. The number of unbranched alkanes of at least 4 members (excludes halogenated alkanes) is 10. The third-order valence-corrected chi connectivity index (χ3v) is 13.4. The number of rotatable bonds is 26. The Labute approximate surface area is 366 Å². The van der Waals surface area contributed by atoms with E-state index in [4.69, 9.17) is 9.47 Å². The maximum Gasteiger partial charge on any atom is 0.242 e. The molecule has 9 nitrogen and oxygen atoms in total. The summed E-state index contributed by atoms with van der Waals surface area (Å²) >= 11 is 0. The van der Waals surface area contributed by atoms with Gasteiger partial charge in [0.25, 0.3) is 0 Å². The van der Waals surface area contributed by atoms with Crippen LogP contribution in [0.4, 0.5) is 5.69 Å². The SMILES string of the molecule is CCCCCCCCN(CCCCCCCC)C[C@H]1O[C@@H](c2cccc(NC(=O)[C@@H](Cc3ccccc3)NS(=O)(=O)c3ccc(C)cc3)c2)O[C@@H](c2ccc(CO)cc2)[C@H]1C. The molecule has 1 amide bonds. The van der Waals surface area contributed by atoms with Gasteiger partial charge >= 0.3 is 0 Å². The van der Waals surface area contributed by atoms with Crippen LogP contribution in [-0.2, 0) is 37.3 Å². The number of ether oxygens (including phenoxy) is 2. The maximum absolute atomic E-state index is 14.1. The number of carbonyl (C=O) groups excluding carboxylic acids is 1. The van der Waals surface area contributed by atoms with Crippen LogP contribution in [0.3, 0.4) is 0 Å². The smallest absolute Gasteiger partial charge is 0.242 e. The van der Waals surface area contributed by atoms with E-state index < -0.39 is 28.3 Å². The van der Waals surface area contributed by atoms with Crippen molar-refractivity contribution in [3.05, 3.63) is 131 Å². The topological polar surface area (TPSA) is 117 Å². The fraction of sp³-hybridized carbons (Fsp3) is 0.510. The number of carbonyl (C=O) groups is 1. The van der Waals surface area contributed by atoms with Gasteiger partial charge in [0, 0.05) is 23.7 Å². The second kappa shape index (κ2) is 25.3. The van der Waals surface area contributed by atoms with Crippen molar-refractivity contribution >= 4 is 21.6 Å². The largest absolute Gasteiger partial charge is 0.392 e. The molecule has 1 aliphatic heterocycles. The molecule has 1 fully saturated rings. The monoisotopic (exact) mass is 854 g/mol. The highest BCUT2D eigenvalue weighted by Crippen LogP contribution is 2.42. The van der Waals surface area contributed by atoms with E-state index in [1.807, 2.05) is 79.7 Å². The van der Waals surface area contributed by atoms with Crippen molar-refractivity contribution < 1.29 is 27.8 Å². The lowest BCUT2D eigenvalue weighted by Gasteiger charge is -2.43. The van der Waals surface area contributed by atoms with Gasteiger partial charge in [0.1, 0.15) is 6.04 Å². The van der Waals surface area contributed by atoms with Gasteiger partial charge in [0.2, 0.25) is 15.9 Å². The Balaban J connectivity index is 1.37. The number of sulfonamides is 1. The summed E-state index contributed by atoms with van der Waals surface area (Å²) in [7, 11) is -4.01. The number of aryl methyl sites for hydroxylation is 1. The predicted octanol–water partition coefficient (Wildman–Crippen LogP) is 10.8. The number of benzene rings is 4. The van der Waals surface area contributed by atoms with Crippen molar-refractivity contribution in [1.82, 2.24) is 9.62 Å². The van der Waals surface area contributed by atoms with Crippen LogP contribution in [0.25, 0.3) is 0 Å². The zero-order chi connectivity index (χ0) is 43.5. The standard InChI is InChI=1S/C51H71N3O6S/c1-5-7-9-11-13-18-33-54(34-19-14-12-10-8-6-2)37-48-40(4)49(43-29-27-42(38-55)28-30-43)60-51(59-48)44-23-20-24-45(36-44)52-50(56)47(35-41-21-16-15-17-22-41)53-61(57,58)46-31-25-39(3)26-32-46/h15-17,20-32,36,40,47-49,51,53,55H,5-14,18-19,33-35,37-38H2,1-4H3,(H,52,56)/t40-,47+,48+,49+,51+/m0/s1. The molecule has 0 spiro atoms. The minimum Gasteiger partial charge on any atom is -0.392 e. The third kappa shape index (κ3) is 15.4. The first kappa shape index (κ1) is 48.1. The molecule has 0 bridgehead atoms. The number of nitrogens with one attached hydrogen (secondary N) is 2. The van der Waals surface area contributed by atoms with Gasteiger partial charge in [0.15, 0.2) is 6.29 Å². The first-order valence-corrected chi connectivity index (χ1v) is 24.3. The van der Waals surface area contributed by atoms with Crippen molar-refractivity contribution in [2.75, 3.05) is 25.0 Å². The molecule has 0 aliphatic carbocycles. The molecule has 0 unspecified atom stereocenters. The molecule has 0 saturated carbocycles. The fourth-order valence-electron chi connectivity index (χ4n) is 8.11.